The molecule has 0 saturated heterocycles. The van der Waals surface area contributed by atoms with Gasteiger partial charge in [0.2, 0.25) is 5.91 Å². The van der Waals surface area contributed by atoms with Crippen molar-refractivity contribution in [3.8, 4) is 0 Å². The minimum atomic E-state index is -0.428. The number of carbonyl (C=O) groups excluding carboxylic acids is 1. The quantitative estimate of drug-likeness (QED) is 0.841. The van der Waals surface area contributed by atoms with Gasteiger partial charge in [0.05, 0.1) is 12.1 Å². The zero-order chi connectivity index (χ0) is 13.7. The van der Waals surface area contributed by atoms with Crippen molar-refractivity contribution in [1.29, 1.82) is 0 Å². The number of hydrogen-bond acceptors (Lipinski definition) is 2. The predicted octanol–water partition coefficient (Wildman–Crippen LogP) is 2.55. The third-order valence-electron chi connectivity index (χ3n) is 3.50. The Balaban J connectivity index is 2.61. The lowest BCUT2D eigenvalue weighted by Crippen LogP contribution is -2.45. The minimum absolute atomic E-state index is 0.00629. The van der Waals surface area contributed by atoms with Crippen LogP contribution in [0.2, 0.25) is 0 Å². The molecule has 100 valence electrons. The van der Waals surface area contributed by atoms with Gasteiger partial charge in [-0.05, 0) is 25.3 Å². The number of aryl methyl sites for hydroxylation is 1. The summed E-state index contributed by atoms with van der Waals surface area (Å²) in [5.74, 6) is 0.132. The first kappa shape index (κ1) is 14.7. The molecule has 18 heavy (non-hydrogen) atoms. The van der Waals surface area contributed by atoms with Crippen molar-refractivity contribution in [1.82, 2.24) is 5.32 Å². The molecule has 1 aromatic rings. The number of benzene rings is 1. The smallest absolute Gasteiger partial charge is 0.237 e. The number of rotatable bonds is 5. The summed E-state index contributed by atoms with van der Waals surface area (Å²) in [5, 5.41) is 2.97. The molecule has 0 bridgehead atoms. The molecule has 0 aliphatic carbocycles. The second kappa shape index (κ2) is 6.55. The van der Waals surface area contributed by atoms with Gasteiger partial charge < -0.3 is 11.1 Å². The monoisotopic (exact) mass is 248 g/mol. The molecule has 0 spiro atoms. The van der Waals surface area contributed by atoms with E-state index in [2.05, 4.69) is 5.32 Å². The molecule has 0 aliphatic heterocycles. The van der Waals surface area contributed by atoms with Gasteiger partial charge in [0.1, 0.15) is 0 Å². The fourth-order valence-corrected chi connectivity index (χ4v) is 1.76. The maximum Gasteiger partial charge on any atom is 0.237 e. The molecule has 3 nitrogen and oxygen atoms in total. The van der Waals surface area contributed by atoms with E-state index in [1.54, 1.807) is 0 Å². The highest BCUT2D eigenvalue weighted by atomic mass is 16.2. The summed E-state index contributed by atoms with van der Waals surface area (Å²) in [7, 11) is 0. The van der Waals surface area contributed by atoms with Crippen molar-refractivity contribution >= 4 is 5.91 Å². The molecule has 0 radical (unpaired) electrons. The standard InChI is InChI=1S/C15H24N2O/c1-5-11(3)14(16)15(18)17-12(4)13-8-6-10(2)7-9-13/h6-9,11-12,14H,5,16H2,1-4H3,(H,17,18)/t11-,12-,14-/m0/s1. The van der Waals surface area contributed by atoms with Crippen molar-refractivity contribution in [2.45, 2.75) is 46.2 Å². The van der Waals surface area contributed by atoms with Crippen LogP contribution < -0.4 is 11.1 Å². The van der Waals surface area contributed by atoms with Crippen LogP contribution in [0, 0.1) is 12.8 Å². The number of hydrogen-bond donors (Lipinski definition) is 2. The molecule has 1 amide bonds. The van der Waals surface area contributed by atoms with Crippen molar-refractivity contribution in [2.24, 2.45) is 11.7 Å². The molecule has 0 aliphatic rings. The Kier molecular flexibility index (Phi) is 5.35. The Morgan fingerprint density at radius 3 is 2.33 bits per heavy atom. The lowest BCUT2D eigenvalue weighted by Gasteiger charge is -2.21. The lowest BCUT2D eigenvalue weighted by molar-refractivity contribution is -0.124. The number of nitrogens with two attached hydrogens (primary N) is 1. The Hall–Kier alpha value is -1.35. The highest BCUT2D eigenvalue weighted by Gasteiger charge is 2.20. The Bertz CT molecular complexity index is 386. The molecule has 3 N–H and O–H groups in total. The second-order valence-electron chi connectivity index (χ2n) is 5.05. The van der Waals surface area contributed by atoms with Gasteiger partial charge in [0.15, 0.2) is 0 Å². The molecule has 0 unspecified atom stereocenters. The van der Waals surface area contributed by atoms with Crippen molar-refractivity contribution < 1.29 is 4.79 Å². The third-order valence-corrected chi connectivity index (χ3v) is 3.50. The van der Waals surface area contributed by atoms with Gasteiger partial charge >= 0.3 is 0 Å². The minimum Gasteiger partial charge on any atom is -0.348 e. The van der Waals surface area contributed by atoms with Crippen LogP contribution in [0.3, 0.4) is 0 Å². The zero-order valence-corrected chi connectivity index (χ0v) is 11.7. The Labute approximate surface area is 110 Å². The van der Waals surface area contributed by atoms with Crippen molar-refractivity contribution in [3.05, 3.63) is 35.4 Å². The summed E-state index contributed by atoms with van der Waals surface area (Å²) in [6, 6.07) is 7.74. The predicted molar refractivity (Wildman–Crippen MR) is 75.2 cm³/mol. The highest BCUT2D eigenvalue weighted by molar-refractivity contribution is 5.82. The molecular weight excluding hydrogens is 224 g/mol. The van der Waals surface area contributed by atoms with Crippen LogP contribution in [0.5, 0.6) is 0 Å². The maximum absolute atomic E-state index is 12.0. The summed E-state index contributed by atoms with van der Waals surface area (Å²) in [6.07, 6.45) is 0.910. The average molecular weight is 248 g/mol. The number of carbonyl (C=O) groups is 1. The van der Waals surface area contributed by atoms with E-state index in [4.69, 9.17) is 5.73 Å². The van der Waals surface area contributed by atoms with Crippen LogP contribution in [-0.2, 0) is 4.79 Å². The summed E-state index contributed by atoms with van der Waals surface area (Å²) < 4.78 is 0. The first-order chi connectivity index (χ1) is 8.45. The van der Waals surface area contributed by atoms with E-state index in [0.29, 0.717) is 0 Å². The first-order valence-corrected chi connectivity index (χ1v) is 6.58. The van der Waals surface area contributed by atoms with E-state index in [9.17, 15) is 4.79 Å². The van der Waals surface area contributed by atoms with E-state index in [1.807, 2.05) is 52.0 Å². The maximum atomic E-state index is 12.0. The highest BCUT2D eigenvalue weighted by Crippen LogP contribution is 2.14. The number of nitrogens with one attached hydrogen (secondary N) is 1. The molecule has 3 atom stereocenters. The van der Waals surface area contributed by atoms with Crippen molar-refractivity contribution in [3.63, 3.8) is 0 Å². The molecule has 1 aromatic carbocycles. The normalized spacial score (nSPS) is 15.8. The topological polar surface area (TPSA) is 55.1 Å². The lowest BCUT2D eigenvalue weighted by atomic mass is 9.98. The fourth-order valence-electron chi connectivity index (χ4n) is 1.76. The molecule has 0 saturated carbocycles. The van der Waals surface area contributed by atoms with Gasteiger partial charge in [-0.3, -0.25) is 4.79 Å². The van der Waals surface area contributed by atoms with Crippen LogP contribution in [0.15, 0.2) is 24.3 Å². The zero-order valence-electron chi connectivity index (χ0n) is 11.7. The van der Waals surface area contributed by atoms with Gasteiger partial charge in [-0.15, -0.1) is 0 Å². The summed E-state index contributed by atoms with van der Waals surface area (Å²) >= 11 is 0. The van der Waals surface area contributed by atoms with Crippen LogP contribution in [0.4, 0.5) is 0 Å². The van der Waals surface area contributed by atoms with E-state index in [1.165, 1.54) is 5.56 Å². The summed E-state index contributed by atoms with van der Waals surface area (Å²) in [6.45, 7) is 8.07. The summed E-state index contributed by atoms with van der Waals surface area (Å²) in [4.78, 5) is 12.0. The van der Waals surface area contributed by atoms with E-state index in [-0.39, 0.29) is 17.9 Å². The number of amides is 1. The van der Waals surface area contributed by atoms with Gasteiger partial charge in [-0.2, -0.15) is 0 Å². The first-order valence-electron chi connectivity index (χ1n) is 6.58. The second-order valence-corrected chi connectivity index (χ2v) is 5.05. The molecular formula is C15H24N2O. The van der Waals surface area contributed by atoms with Gasteiger partial charge in [-0.1, -0.05) is 50.1 Å². The van der Waals surface area contributed by atoms with Gasteiger partial charge in [0, 0.05) is 0 Å². The molecule has 3 heteroatoms. The fraction of sp³-hybridized carbons (Fsp3) is 0.533. The Morgan fingerprint density at radius 2 is 1.83 bits per heavy atom. The Morgan fingerprint density at radius 1 is 1.28 bits per heavy atom. The van der Waals surface area contributed by atoms with E-state index < -0.39 is 6.04 Å². The van der Waals surface area contributed by atoms with Crippen LogP contribution in [-0.4, -0.2) is 11.9 Å². The van der Waals surface area contributed by atoms with E-state index in [0.717, 1.165) is 12.0 Å². The van der Waals surface area contributed by atoms with Gasteiger partial charge in [0.25, 0.3) is 0 Å². The largest absolute Gasteiger partial charge is 0.348 e. The molecule has 1 rings (SSSR count). The van der Waals surface area contributed by atoms with Crippen LogP contribution in [0.25, 0.3) is 0 Å². The average Bonchev–Trinajstić information content (AvgIpc) is 2.37. The summed E-state index contributed by atoms with van der Waals surface area (Å²) in [5.41, 5.74) is 8.23. The van der Waals surface area contributed by atoms with Gasteiger partial charge in [-0.25, -0.2) is 0 Å². The molecule has 0 fully saturated rings. The SMILES string of the molecule is CC[C@H](C)[C@H](N)C(=O)N[C@@H](C)c1ccc(C)cc1. The molecule has 0 heterocycles. The van der Waals surface area contributed by atoms with E-state index >= 15 is 0 Å². The molecule has 0 aromatic heterocycles. The van der Waals surface area contributed by atoms with Crippen LogP contribution in [0.1, 0.15) is 44.4 Å². The third kappa shape index (κ3) is 3.84. The van der Waals surface area contributed by atoms with Crippen LogP contribution >= 0.6 is 0 Å². The van der Waals surface area contributed by atoms with Crippen molar-refractivity contribution in [2.75, 3.05) is 0 Å².